The van der Waals surface area contributed by atoms with Crippen molar-refractivity contribution in [1.82, 2.24) is 0 Å². The molecule has 1 aromatic carbocycles. The van der Waals surface area contributed by atoms with Gasteiger partial charge in [-0.05, 0) is 18.2 Å². The summed E-state index contributed by atoms with van der Waals surface area (Å²) in [6.07, 6.45) is 0. The van der Waals surface area contributed by atoms with E-state index in [1.54, 1.807) is 6.07 Å². The molecule has 0 aliphatic heterocycles. The molecule has 0 spiro atoms. The molecule has 1 rings (SSSR count). The standard InChI is InChI=1S/C10H14O2S2/c1-3-13(11)9-6-5-7-10(8-9)14(12)4-2/h5-8H,3-4H2,1-2H3. The Kier molecular flexibility index (Phi) is 4.48. The van der Waals surface area contributed by atoms with Gasteiger partial charge in [0.15, 0.2) is 0 Å². The Morgan fingerprint density at radius 2 is 1.43 bits per heavy atom. The SMILES string of the molecule is CCS(=O)c1cccc(S(=O)CC)c1. The van der Waals surface area contributed by atoms with Crippen molar-refractivity contribution in [2.75, 3.05) is 11.5 Å². The average Bonchev–Trinajstić information content (AvgIpc) is 2.27. The maximum Gasteiger partial charge on any atom is 0.0527 e. The predicted octanol–water partition coefficient (Wildman–Crippen LogP) is 1.94. The van der Waals surface area contributed by atoms with Gasteiger partial charge < -0.3 is 0 Å². The van der Waals surface area contributed by atoms with E-state index in [-0.39, 0.29) is 0 Å². The third-order valence-corrected chi connectivity index (χ3v) is 4.46. The highest BCUT2D eigenvalue weighted by atomic mass is 32.2. The van der Waals surface area contributed by atoms with E-state index in [0.29, 0.717) is 11.5 Å². The van der Waals surface area contributed by atoms with Crippen molar-refractivity contribution in [3.05, 3.63) is 24.3 Å². The second kappa shape index (κ2) is 5.41. The fourth-order valence-electron chi connectivity index (χ4n) is 1.09. The minimum atomic E-state index is -0.954. The van der Waals surface area contributed by atoms with Crippen LogP contribution < -0.4 is 0 Å². The fourth-order valence-corrected chi connectivity index (χ4v) is 2.81. The summed E-state index contributed by atoms with van der Waals surface area (Å²) < 4.78 is 23.0. The quantitative estimate of drug-likeness (QED) is 0.792. The number of hydrogen-bond acceptors (Lipinski definition) is 2. The van der Waals surface area contributed by atoms with E-state index in [9.17, 15) is 8.42 Å². The van der Waals surface area contributed by atoms with Crippen LogP contribution in [0.3, 0.4) is 0 Å². The Balaban J connectivity index is 3.01. The van der Waals surface area contributed by atoms with Crippen LogP contribution in [0.1, 0.15) is 13.8 Å². The predicted molar refractivity (Wildman–Crippen MR) is 60.3 cm³/mol. The molecule has 0 aliphatic rings. The molecule has 0 saturated carbocycles. The summed E-state index contributed by atoms with van der Waals surface area (Å²) in [4.78, 5) is 1.54. The van der Waals surface area contributed by atoms with Crippen molar-refractivity contribution in [1.29, 1.82) is 0 Å². The first kappa shape index (κ1) is 11.6. The van der Waals surface area contributed by atoms with Gasteiger partial charge in [-0.1, -0.05) is 19.9 Å². The number of rotatable bonds is 4. The first-order chi connectivity index (χ1) is 6.69. The lowest BCUT2D eigenvalue weighted by Gasteiger charge is -2.02. The van der Waals surface area contributed by atoms with Gasteiger partial charge in [0.05, 0.1) is 21.6 Å². The van der Waals surface area contributed by atoms with Crippen molar-refractivity contribution in [2.45, 2.75) is 23.6 Å². The maximum absolute atomic E-state index is 11.5. The summed E-state index contributed by atoms with van der Waals surface area (Å²) in [5.74, 6) is 1.20. The van der Waals surface area contributed by atoms with Crippen LogP contribution in [-0.2, 0) is 21.6 Å². The van der Waals surface area contributed by atoms with Gasteiger partial charge >= 0.3 is 0 Å². The van der Waals surface area contributed by atoms with Crippen molar-refractivity contribution in [3.8, 4) is 0 Å². The zero-order valence-corrected chi connectivity index (χ0v) is 9.99. The molecule has 0 aromatic heterocycles. The van der Waals surface area contributed by atoms with Gasteiger partial charge in [-0.3, -0.25) is 8.42 Å². The molecule has 14 heavy (non-hydrogen) atoms. The monoisotopic (exact) mass is 230 g/mol. The summed E-state index contributed by atoms with van der Waals surface area (Å²) in [6.45, 7) is 3.75. The molecule has 0 radical (unpaired) electrons. The molecule has 0 heterocycles. The van der Waals surface area contributed by atoms with Crippen LogP contribution >= 0.6 is 0 Å². The highest BCUT2D eigenvalue weighted by Crippen LogP contribution is 2.13. The van der Waals surface area contributed by atoms with E-state index in [0.717, 1.165) is 9.79 Å². The van der Waals surface area contributed by atoms with E-state index in [4.69, 9.17) is 0 Å². The highest BCUT2D eigenvalue weighted by Gasteiger charge is 2.05. The topological polar surface area (TPSA) is 34.1 Å². The maximum atomic E-state index is 11.5. The normalized spacial score (nSPS) is 15.0. The average molecular weight is 230 g/mol. The van der Waals surface area contributed by atoms with Crippen molar-refractivity contribution >= 4 is 21.6 Å². The summed E-state index contributed by atoms with van der Waals surface area (Å²) >= 11 is 0. The van der Waals surface area contributed by atoms with Crippen molar-refractivity contribution in [3.63, 3.8) is 0 Å². The Morgan fingerprint density at radius 1 is 1.00 bits per heavy atom. The van der Waals surface area contributed by atoms with Crippen molar-refractivity contribution in [2.24, 2.45) is 0 Å². The van der Waals surface area contributed by atoms with E-state index >= 15 is 0 Å². The van der Waals surface area contributed by atoms with Crippen molar-refractivity contribution < 1.29 is 8.42 Å². The second-order valence-electron chi connectivity index (χ2n) is 2.74. The molecule has 2 unspecified atom stereocenters. The molecule has 2 nitrogen and oxygen atoms in total. The largest absolute Gasteiger partial charge is 0.254 e. The lowest BCUT2D eigenvalue weighted by atomic mass is 10.4. The lowest BCUT2D eigenvalue weighted by Crippen LogP contribution is -1.98. The van der Waals surface area contributed by atoms with Crippen LogP contribution in [0.15, 0.2) is 34.1 Å². The summed E-state index contributed by atoms with van der Waals surface area (Å²) in [5, 5.41) is 0. The third kappa shape index (κ3) is 2.75. The van der Waals surface area contributed by atoms with Gasteiger partial charge in [-0.15, -0.1) is 0 Å². The van der Waals surface area contributed by atoms with Crippen LogP contribution in [0.25, 0.3) is 0 Å². The first-order valence-electron chi connectivity index (χ1n) is 4.55. The molecule has 0 aliphatic carbocycles. The summed E-state index contributed by atoms with van der Waals surface area (Å²) in [7, 11) is -1.91. The summed E-state index contributed by atoms with van der Waals surface area (Å²) in [6, 6.07) is 7.22. The Labute approximate surface area is 89.6 Å². The van der Waals surface area contributed by atoms with Gasteiger partial charge in [0.1, 0.15) is 0 Å². The minimum absolute atomic E-state index is 0.599. The first-order valence-corrected chi connectivity index (χ1v) is 7.19. The minimum Gasteiger partial charge on any atom is -0.254 e. The van der Waals surface area contributed by atoms with Gasteiger partial charge in [-0.2, -0.15) is 0 Å². The van der Waals surface area contributed by atoms with Gasteiger partial charge in [0, 0.05) is 21.3 Å². The molecule has 2 atom stereocenters. The molecule has 0 fully saturated rings. The van der Waals surface area contributed by atoms with E-state index in [2.05, 4.69) is 0 Å². The molecular formula is C10H14O2S2. The van der Waals surface area contributed by atoms with Gasteiger partial charge in [0.2, 0.25) is 0 Å². The Morgan fingerprint density at radius 3 is 1.79 bits per heavy atom. The molecule has 4 heteroatoms. The molecule has 1 aromatic rings. The van der Waals surface area contributed by atoms with Crippen LogP contribution in [0, 0.1) is 0 Å². The smallest absolute Gasteiger partial charge is 0.0527 e. The highest BCUT2D eigenvalue weighted by molar-refractivity contribution is 7.85. The van der Waals surface area contributed by atoms with E-state index in [1.807, 2.05) is 32.0 Å². The Hall–Kier alpha value is -0.480. The van der Waals surface area contributed by atoms with Crippen LogP contribution in [0.2, 0.25) is 0 Å². The molecule has 0 bridgehead atoms. The zero-order valence-electron chi connectivity index (χ0n) is 8.36. The Bertz CT molecular complexity index is 330. The van der Waals surface area contributed by atoms with Gasteiger partial charge in [0.25, 0.3) is 0 Å². The molecule has 78 valence electrons. The van der Waals surface area contributed by atoms with Gasteiger partial charge in [-0.25, -0.2) is 0 Å². The molecule has 0 amide bonds. The third-order valence-electron chi connectivity index (χ3n) is 1.86. The van der Waals surface area contributed by atoms with Crippen LogP contribution in [-0.4, -0.2) is 19.9 Å². The molecular weight excluding hydrogens is 216 g/mol. The lowest BCUT2D eigenvalue weighted by molar-refractivity contribution is 0.682. The van der Waals surface area contributed by atoms with Crippen LogP contribution in [0.5, 0.6) is 0 Å². The fraction of sp³-hybridized carbons (Fsp3) is 0.400. The zero-order chi connectivity index (χ0) is 10.6. The molecule has 0 N–H and O–H groups in total. The number of benzene rings is 1. The van der Waals surface area contributed by atoms with E-state index in [1.165, 1.54) is 0 Å². The summed E-state index contributed by atoms with van der Waals surface area (Å²) in [5.41, 5.74) is 0. The number of hydrogen-bond donors (Lipinski definition) is 0. The van der Waals surface area contributed by atoms with Crippen LogP contribution in [0.4, 0.5) is 0 Å². The van der Waals surface area contributed by atoms with E-state index < -0.39 is 21.6 Å². The second-order valence-corrected chi connectivity index (χ2v) is 6.22. The molecule has 0 saturated heterocycles.